The largest absolute Gasteiger partial charge is 0.287 e. The summed E-state index contributed by atoms with van der Waals surface area (Å²) in [6.45, 7) is 0. The molecule has 0 N–H and O–H groups in total. The first-order chi connectivity index (χ1) is 9.18. The lowest BCUT2D eigenvalue weighted by Crippen LogP contribution is -2.06. The van der Waals surface area contributed by atoms with Crippen LogP contribution in [-0.4, -0.2) is 25.5 Å². The molecule has 94 valence electrons. The molecule has 1 aromatic carbocycles. The van der Waals surface area contributed by atoms with Crippen LogP contribution in [0.1, 0.15) is 16.1 Å². The summed E-state index contributed by atoms with van der Waals surface area (Å²) in [7, 11) is 1.76. The molecule has 0 amide bonds. The molecule has 0 aliphatic heterocycles. The SMILES string of the molecule is Cn1ncc2c(C(=O)c3ccccc3Cl)ncnc21. The number of ketones is 1. The molecule has 0 saturated heterocycles. The van der Waals surface area contributed by atoms with Crippen molar-refractivity contribution in [3.05, 3.63) is 53.1 Å². The van der Waals surface area contributed by atoms with Gasteiger partial charge in [-0.15, -0.1) is 0 Å². The number of halogens is 1. The smallest absolute Gasteiger partial charge is 0.213 e. The lowest BCUT2D eigenvalue weighted by atomic mass is 10.1. The highest BCUT2D eigenvalue weighted by Gasteiger charge is 2.18. The number of aromatic nitrogens is 4. The van der Waals surface area contributed by atoms with Gasteiger partial charge in [0.1, 0.15) is 12.0 Å². The molecule has 0 radical (unpaired) electrons. The number of benzene rings is 1. The van der Waals surface area contributed by atoms with Gasteiger partial charge in [-0.05, 0) is 12.1 Å². The summed E-state index contributed by atoms with van der Waals surface area (Å²) >= 11 is 6.04. The Morgan fingerprint density at radius 1 is 1.26 bits per heavy atom. The Kier molecular flexibility index (Phi) is 2.76. The second-order valence-electron chi connectivity index (χ2n) is 4.04. The van der Waals surface area contributed by atoms with Crippen molar-refractivity contribution >= 4 is 28.4 Å². The zero-order chi connectivity index (χ0) is 13.4. The highest BCUT2D eigenvalue weighted by atomic mass is 35.5. The van der Waals surface area contributed by atoms with Gasteiger partial charge in [-0.3, -0.25) is 9.48 Å². The molecule has 0 saturated carbocycles. The van der Waals surface area contributed by atoms with E-state index >= 15 is 0 Å². The zero-order valence-corrected chi connectivity index (χ0v) is 10.8. The standard InChI is InChI=1S/C13H9ClN4O/c1-18-13-9(6-17-18)11(15-7-16-13)12(19)8-4-2-3-5-10(8)14/h2-7H,1H3. The van der Waals surface area contributed by atoms with Crippen LogP contribution < -0.4 is 0 Å². The lowest BCUT2D eigenvalue weighted by molar-refractivity contribution is 0.103. The predicted molar refractivity (Wildman–Crippen MR) is 71.2 cm³/mol. The van der Waals surface area contributed by atoms with Crippen molar-refractivity contribution in [1.82, 2.24) is 19.7 Å². The van der Waals surface area contributed by atoms with E-state index in [1.165, 1.54) is 6.33 Å². The van der Waals surface area contributed by atoms with E-state index in [1.54, 1.807) is 42.2 Å². The Morgan fingerprint density at radius 3 is 2.84 bits per heavy atom. The van der Waals surface area contributed by atoms with Crippen molar-refractivity contribution in [2.45, 2.75) is 0 Å². The summed E-state index contributed by atoms with van der Waals surface area (Å²) in [5.74, 6) is -0.231. The number of hydrogen-bond acceptors (Lipinski definition) is 4. The van der Waals surface area contributed by atoms with Crippen molar-refractivity contribution in [2.24, 2.45) is 7.05 Å². The molecule has 2 heterocycles. The van der Waals surface area contributed by atoms with Crippen molar-refractivity contribution in [3.8, 4) is 0 Å². The van der Waals surface area contributed by atoms with Crippen LogP contribution in [0.15, 0.2) is 36.8 Å². The van der Waals surface area contributed by atoms with Crippen molar-refractivity contribution in [3.63, 3.8) is 0 Å². The summed E-state index contributed by atoms with van der Waals surface area (Å²) in [6, 6.07) is 6.89. The third-order valence-electron chi connectivity index (χ3n) is 2.86. The van der Waals surface area contributed by atoms with Crippen molar-refractivity contribution < 1.29 is 4.79 Å². The molecule has 0 unspecified atom stereocenters. The Morgan fingerprint density at radius 2 is 2.05 bits per heavy atom. The average Bonchev–Trinajstić information content (AvgIpc) is 2.80. The maximum Gasteiger partial charge on any atom is 0.213 e. The summed E-state index contributed by atoms with van der Waals surface area (Å²) in [6.07, 6.45) is 2.94. The topological polar surface area (TPSA) is 60.7 Å². The molecule has 0 aliphatic rings. The van der Waals surface area contributed by atoms with Gasteiger partial charge in [0.05, 0.1) is 16.6 Å². The van der Waals surface area contributed by atoms with Gasteiger partial charge in [-0.25, -0.2) is 9.97 Å². The summed E-state index contributed by atoms with van der Waals surface area (Å²) in [5, 5.41) is 5.11. The molecule has 3 aromatic rings. The fourth-order valence-electron chi connectivity index (χ4n) is 1.92. The number of nitrogens with zero attached hydrogens (tertiary/aromatic N) is 4. The van der Waals surface area contributed by atoms with Crippen LogP contribution in [0, 0.1) is 0 Å². The first-order valence-corrected chi connectivity index (χ1v) is 5.98. The van der Waals surface area contributed by atoms with Gasteiger partial charge in [-0.2, -0.15) is 5.10 Å². The minimum atomic E-state index is -0.231. The van der Waals surface area contributed by atoms with Crippen LogP contribution in [-0.2, 0) is 7.05 Å². The van der Waals surface area contributed by atoms with E-state index in [1.807, 2.05) is 0 Å². The van der Waals surface area contributed by atoms with E-state index in [0.29, 0.717) is 27.3 Å². The Labute approximate surface area is 113 Å². The van der Waals surface area contributed by atoms with Gasteiger partial charge in [-0.1, -0.05) is 23.7 Å². The molecular weight excluding hydrogens is 264 g/mol. The maximum absolute atomic E-state index is 12.5. The van der Waals surface area contributed by atoms with Crippen LogP contribution in [0.4, 0.5) is 0 Å². The minimum Gasteiger partial charge on any atom is -0.287 e. The number of carbonyl (C=O) groups is 1. The van der Waals surface area contributed by atoms with Gasteiger partial charge >= 0.3 is 0 Å². The minimum absolute atomic E-state index is 0.231. The fraction of sp³-hybridized carbons (Fsp3) is 0.0769. The van der Waals surface area contributed by atoms with Gasteiger partial charge < -0.3 is 0 Å². The van der Waals surface area contributed by atoms with Crippen molar-refractivity contribution in [1.29, 1.82) is 0 Å². The number of fused-ring (bicyclic) bond motifs is 1. The molecule has 0 aliphatic carbocycles. The van der Waals surface area contributed by atoms with E-state index in [4.69, 9.17) is 11.6 Å². The first kappa shape index (κ1) is 11.8. The predicted octanol–water partition coefficient (Wildman–Crippen LogP) is 2.25. The first-order valence-electron chi connectivity index (χ1n) is 5.60. The van der Waals surface area contributed by atoms with E-state index in [-0.39, 0.29) is 5.78 Å². The Hall–Kier alpha value is -2.27. The van der Waals surface area contributed by atoms with E-state index in [2.05, 4.69) is 15.1 Å². The highest BCUT2D eigenvalue weighted by molar-refractivity contribution is 6.35. The number of carbonyl (C=O) groups excluding carboxylic acids is 1. The van der Waals surface area contributed by atoms with Gasteiger partial charge in [0.25, 0.3) is 0 Å². The molecule has 0 spiro atoms. The van der Waals surface area contributed by atoms with Crippen LogP contribution in [0.2, 0.25) is 5.02 Å². The third kappa shape index (κ3) is 1.88. The molecular formula is C13H9ClN4O. The highest BCUT2D eigenvalue weighted by Crippen LogP contribution is 2.21. The number of hydrogen-bond donors (Lipinski definition) is 0. The molecule has 6 heteroatoms. The molecule has 5 nitrogen and oxygen atoms in total. The maximum atomic E-state index is 12.5. The molecule has 2 aromatic heterocycles. The van der Waals surface area contributed by atoms with Gasteiger partial charge in [0.15, 0.2) is 5.65 Å². The van der Waals surface area contributed by atoms with Crippen LogP contribution in [0.5, 0.6) is 0 Å². The quantitative estimate of drug-likeness (QED) is 0.671. The number of aryl methyl sites for hydroxylation is 1. The molecule has 3 rings (SSSR count). The second kappa shape index (κ2) is 4.44. The van der Waals surface area contributed by atoms with E-state index in [9.17, 15) is 4.79 Å². The van der Waals surface area contributed by atoms with Crippen LogP contribution >= 0.6 is 11.6 Å². The van der Waals surface area contributed by atoms with Crippen LogP contribution in [0.3, 0.4) is 0 Å². The summed E-state index contributed by atoms with van der Waals surface area (Å²) in [4.78, 5) is 20.6. The van der Waals surface area contributed by atoms with Gasteiger partial charge in [0, 0.05) is 12.6 Å². The summed E-state index contributed by atoms with van der Waals surface area (Å²) in [5.41, 5.74) is 1.35. The Balaban J connectivity index is 2.20. The van der Waals surface area contributed by atoms with Crippen LogP contribution in [0.25, 0.3) is 11.0 Å². The lowest BCUT2D eigenvalue weighted by Gasteiger charge is -2.03. The van der Waals surface area contributed by atoms with Gasteiger partial charge in [0.2, 0.25) is 5.78 Å². The second-order valence-corrected chi connectivity index (χ2v) is 4.44. The van der Waals surface area contributed by atoms with Crippen molar-refractivity contribution in [2.75, 3.05) is 0 Å². The zero-order valence-electron chi connectivity index (χ0n) is 10.0. The average molecular weight is 273 g/mol. The molecule has 0 fully saturated rings. The van der Waals surface area contributed by atoms with E-state index in [0.717, 1.165) is 0 Å². The Bertz CT molecular complexity index is 781. The van der Waals surface area contributed by atoms with E-state index < -0.39 is 0 Å². The fourth-order valence-corrected chi connectivity index (χ4v) is 2.14. The molecule has 0 bridgehead atoms. The molecule has 19 heavy (non-hydrogen) atoms. The normalized spacial score (nSPS) is 10.8. The number of rotatable bonds is 2. The monoisotopic (exact) mass is 272 g/mol. The third-order valence-corrected chi connectivity index (χ3v) is 3.19. The summed E-state index contributed by atoms with van der Waals surface area (Å²) < 4.78 is 1.60. The molecule has 0 atom stereocenters.